The van der Waals surface area contributed by atoms with E-state index >= 15 is 0 Å². The molecule has 13 heteroatoms. The standard InChI is InChI=1S/C11H10ClNO.C7H8ClNO.C6H12O2.C5H11N.2CO2.CH4/c1-2-7-6-8-9(12)4-3-5-10(8)13-11(7)14;1-10-7-5(8)3-2-4-6(7)9;1-3-5-6(7)8-4-2;1-2-4-6-5-3-1;2*2-1-3;/h3-6H,2H2,1H3,(H,13,14);2-4H,9H2,1H3;3-5H2,1-2H3;6H,1-5H2;;;1H4. The zero-order valence-electron chi connectivity index (χ0n) is 25.5. The van der Waals surface area contributed by atoms with Crippen molar-refractivity contribution in [3.8, 4) is 5.75 Å². The maximum atomic E-state index is 11.5. The van der Waals surface area contributed by atoms with Gasteiger partial charge >= 0.3 is 18.3 Å². The third kappa shape index (κ3) is 21.4. The lowest BCUT2D eigenvalue weighted by molar-refractivity contribution is -0.193. The van der Waals surface area contributed by atoms with Crippen LogP contribution in [0, 0.1) is 0 Å². The number of carbonyl (C=O) groups is 1. The molecule has 2 aromatic carbocycles. The van der Waals surface area contributed by atoms with Crippen molar-refractivity contribution in [3.63, 3.8) is 0 Å². The molecule has 4 N–H and O–H groups in total. The van der Waals surface area contributed by atoms with Gasteiger partial charge in [-0.05, 0) is 76.0 Å². The second kappa shape index (κ2) is 30.1. The Labute approximate surface area is 274 Å². The number of aryl methyl sites for hydroxylation is 1. The lowest BCUT2D eigenvalue weighted by Gasteiger charge is -2.08. The van der Waals surface area contributed by atoms with Gasteiger partial charge in [0.1, 0.15) is 0 Å². The molecule has 11 nitrogen and oxygen atoms in total. The molecule has 0 atom stereocenters. The van der Waals surface area contributed by atoms with Crippen LogP contribution >= 0.6 is 23.2 Å². The molecule has 0 amide bonds. The number of nitrogens with two attached hydrogens (primary N) is 1. The van der Waals surface area contributed by atoms with Crippen LogP contribution in [0.3, 0.4) is 0 Å². The molecule has 1 fully saturated rings. The summed E-state index contributed by atoms with van der Waals surface area (Å²) < 4.78 is 9.56. The average molecular weight is 671 g/mol. The number of carbonyl (C=O) groups excluding carboxylic acids is 5. The number of ether oxygens (including phenoxy) is 2. The first-order chi connectivity index (χ1) is 21.1. The van der Waals surface area contributed by atoms with E-state index in [1.54, 1.807) is 18.2 Å². The largest absolute Gasteiger partial charge is 0.493 e. The number of para-hydroxylation sites is 1. The number of nitrogen functional groups attached to an aromatic ring is 1. The minimum absolute atomic E-state index is 0. The average Bonchev–Trinajstić information content (AvgIpc) is 3.00. The number of piperidine rings is 1. The minimum atomic E-state index is -0.0880. The fourth-order valence-electron chi connectivity index (χ4n) is 3.48. The number of anilines is 1. The number of rotatable bonds is 5. The predicted octanol–water partition coefficient (Wildman–Crippen LogP) is 6.25. The number of benzene rings is 2. The Balaban J connectivity index is -0.000000507. The van der Waals surface area contributed by atoms with Gasteiger partial charge in [0.2, 0.25) is 0 Å². The van der Waals surface area contributed by atoms with E-state index in [-0.39, 0.29) is 31.3 Å². The number of aromatic nitrogens is 1. The fourth-order valence-corrected chi connectivity index (χ4v) is 3.97. The molecule has 1 aliphatic rings. The van der Waals surface area contributed by atoms with Gasteiger partial charge in [-0.1, -0.05) is 63.0 Å². The van der Waals surface area contributed by atoms with Crippen molar-refractivity contribution in [3.05, 3.63) is 68.4 Å². The highest BCUT2D eigenvalue weighted by Gasteiger charge is 2.03. The van der Waals surface area contributed by atoms with Crippen LogP contribution in [0.4, 0.5) is 5.69 Å². The summed E-state index contributed by atoms with van der Waals surface area (Å²) in [6.07, 6.45) is 6.86. The lowest BCUT2D eigenvalue weighted by Crippen LogP contribution is -2.21. The van der Waals surface area contributed by atoms with Crippen molar-refractivity contribution in [1.82, 2.24) is 10.3 Å². The summed E-state index contributed by atoms with van der Waals surface area (Å²) in [6.45, 7) is 8.72. The molecule has 45 heavy (non-hydrogen) atoms. The van der Waals surface area contributed by atoms with Crippen LogP contribution < -0.4 is 21.3 Å². The Bertz CT molecular complexity index is 1300. The zero-order valence-corrected chi connectivity index (χ0v) is 27.0. The van der Waals surface area contributed by atoms with Crippen molar-refractivity contribution < 1.29 is 33.4 Å². The Morgan fingerprint density at radius 1 is 0.933 bits per heavy atom. The molecule has 250 valence electrons. The van der Waals surface area contributed by atoms with Crippen LogP contribution in [-0.4, -0.2) is 50.1 Å². The van der Waals surface area contributed by atoms with E-state index < -0.39 is 0 Å². The summed E-state index contributed by atoms with van der Waals surface area (Å²) >= 11 is 11.7. The van der Waals surface area contributed by atoms with E-state index in [1.807, 2.05) is 45.0 Å². The molecular weight excluding hydrogens is 625 g/mol. The second-order valence-corrected chi connectivity index (χ2v) is 9.39. The highest BCUT2D eigenvalue weighted by atomic mass is 35.5. The molecule has 0 spiro atoms. The topological polar surface area (TPSA) is 175 Å². The minimum Gasteiger partial charge on any atom is -0.493 e. The summed E-state index contributed by atoms with van der Waals surface area (Å²) in [7, 11) is 1.54. The van der Waals surface area contributed by atoms with Gasteiger partial charge in [-0.2, -0.15) is 19.2 Å². The predicted molar refractivity (Wildman–Crippen MR) is 176 cm³/mol. The maximum Gasteiger partial charge on any atom is 0.373 e. The van der Waals surface area contributed by atoms with Crippen LogP contribution in [-0.2, 0) is 35.1 Å². The SMILES string of the molecule is C.C1CCNCC1.CCCC(=O)OCC.CCc1cc2c(Cl)cccc2[nH]c1=O.COc1c(N)cccc1Cl.O=C=O.O=C=O. The van der Waals surface area contributed by atoms with Crippen LogP contribution in [0.25, 0.3) is 10.9 Å². The molecule has 0 aliphatic carbocycles. The summed E-state index contributed by atoms with van der Waals surface area (Å²) in [5.41, 5.74) is 7.62. The van der Waals surface area contributed by atoms with Gasteiger partial charge in [-0.25, -0.2) is 0 Å². The lowest BCUT2D eigenvalue weighted by atomic mass is 10.1. The van der Waals surface area contributed by atoms with Gasteiger partial charge < -0.3 is 25.5 Å². The zero-order chi connectivity index (χ0) is 33.8. The fraction of sp³-hybridized carbons (Fsp3) is 0.438. The number of methoxy groups -OCH3 is 1. The number of H-pyrrole nitrogens is 1. The van der Waals surface area contributed by atoms with Crippen molar-refractivity contribution in [2.45, 2.75) is 66.7 Å². The Morgan fingerprint density at radius 2 is 1.49 bits per heavy atom. The molecule has 1 aromatic heterocycles. The summed E-state index contributed by atoms with van der Waals surface area (Å²) in [5.74, 6) is 0.458. The summed E-state index contributed by atoms with van der Waals surface area (Å²) in [5, 5.41) is 5.41. The number of hydrogen-bond donors (Lipinski definition) is 3. The summed E-state index contributed by atoms with van der Waals surface area (Å²) in [4.78, 5) is 57.2. The van der Waals surface area contributed by atoms with Crippen LogP contribution in [0.1, 0.15) is 65.9 Å². The maximum absolute atomic E-state index is 11.5. The highest BCUT2D eigenvalue weighted by Crippen LogP contribution is 2.29. The van der Waals surface area contributed by atoms with Crippen molar-refractivity contribution in [2.24, 2.45) is 0 Å². The number of halogens is 2. The first-order valence-corrected chi connectivity index (χ1v) is 14.6. The summed E-state index contributed by atoms with van der Waals surface area (Å²) in [6, 6.07) is 12.6. The molecule has 1 aliphatic heterocycles. The third-order valence-corrected chi connectivity index (χ3v) is 6.09. The van der Waals surface area contributed by atoms with Crippen LogP contribution in [0.5, 0.6) is 5.75 Å². The van der Waals surface area contributed by atoms with E-state index in [4.69, 9.17) is 52.9 Å². The van der Waals surface area contributed by atoms with Crippen LogP contribution in [0.15, 0.2) is 47.3 Å². The van der Waals surface area contributed by atoms with Crippen molar-refractivity contribution >= 4 is 58.1 Å². The van der Waals surface area contributed by atoms with Gasteiger partial charge in [0.15, 0.2) is 5.75 Å². The number of nitrogens with one attached hydrogen (secondary N) is 2. The monoisotopic (exact) mass is 669 g/mol. The van der Waals surface area contributed by atoms with Gasteiger partial charge in [-0.15, -0.1) is 0 Å². The molecular formula is C32H45Cl2N3O8. The molecule has 1 saturated heterocycles. The van der Waals surface area contributed by atoms with Gasteiger partial charge in [0, 0.05) is 27.9 Å². The first-order valence-electron chi connectivity index (χ1n) is 13.8. The van der Waals surface area contributed by atoms with Gasteiger partial charge in [0.05, 0.1) is 24.4 Å². The normalized spacial score (nSPS) is 10.5. The van der Waals surface area contributed by atoms with E-state index in [0.717, 1.165) is 29.3 Å². The van der Waals surface area contributed by atoms with E-state index in [9.17, 15) is 9.59 Å². The van der Waals surface area contributed by atoms with Crippen molar-refractivity contribution in [2.75, 3.05) is 32.5 Å². The smallest absolute Gasteiger partial charge is 0.373 e. The molecule has 4 rings (SSSR count). The molecule has 2 heterocycles. The molecule has 0 bridgehead atoms. The van der Waals surface area contributed by atoms with E-state index in [0.29, 0.717) is 34.5 Å². The quantitative estimate of drug-likeness (QED) is 0.208. The number of hydrogen-bond acceptors (Lipinski definition) is 10. The Hall–Kier alpha value is -3.98. The van der Waals surface area contributed by atoms with E-state index in [1.165, 1.54) is 39.5 Å². The Kier molecular flexibility index (Phi) is 30.4. The van der Waals surface area contributed by atoms with Crippen LogP contribution in [0.2, 0.25) is 10.0 Å². The number of aromatic amines is 1. The van der Waals surface area contributed by atoms with E-state index in [2.05, 4.69) is 15.0 Å². The molecule has 0 unspecified atom stereocenters. The van der Waals surface area contributed by atoms with Crippen molar-refractivity contribution in [1.29, 1.82) is 0 Å². The molecule has 3 aromatic rings. The number of fused-ring (bicyclic) bond motifs is 1. The second-order valence-electron chi connectivity index (χ2n) is 8.57. The third-order valence-electron chi connectivity index (χ3n) is 5.46. The Morgan fingerprint density at radius 3 is 1.89 bits per heavy atom. The van der Waals surface area contributed by atoms with Gasteiger partial charge in [-0.3, -0.25) is 9.59 Å². The molecule has 0 saturated carbocycles. The number of pyridine rings is 1. The van der Waals surface area contributed by atoms with Gasteiger partial charge in [0.25, 0.3) is 5.56 Å². The molecule has 0 radical (unpaired) electrons. The highest BCUT2D eigenvalue weighted by molar-refractivity contribution is 6.35. The first kappa shape index (κ1) is 45.4. The number of esters is 1.